The molecule has 16 heavy (non-hydrogen) atoms. The predicted octanol–water partition coefficient (Wildman–Crippen LogP) is 0.210. The molecule has 5 nitrogen and oxygen atoms in total. The number of aliphatic hydroxyl groups excluding tert-OH is 1. The Hall–Kier alpha value is -1.33. The number of hydrogen-bond acceptors (Lipinski definition) is 4. The van der Waals surface area contributed by atoms with Crippen LogP contribution in [0.5, 0.6) is 0 Å². The molecule has 0 aliphatic heterocycles. The van der Waals surface area contributed by atoms with Crippen LogP contribution in [0.1, 0.15) is 12.7 Å². The number of nitrogens with one attached hydrogen (secondary N) is 1. The Balaban J connectivity index is 2.24. The number of amides is 1. The van der Waals surface area contributed by atoms with E-state index in [-0.39, 0.29) is 12.5 Å². The van der Waals surface area contributed by atoms with Crippen molar-refractivity contribution in [2.24, 2.45) is 0 Å². The molecule has 0 aliphatic carbocycles. The van der Waals surface area contributed by atoms with E-state index in [9.17, 15) is 4.79 Å². The number of furan rings is 1. The second-order valence-electron chi connectivity index (χ2n) is 3.45. The van der Waals surface area contributed by atoms with E-state index in [1.54, 1.807) is 12.3 Å². The van der Waals surface area contributed by atoms with Crippen LogP contribution in [-0.4, -0.2) is 42.2 Å². The average molecular weight is 226 g/mol. The van der Waals surface area contributed by atoms with Gasteiger partial charge in [0.05, 0.1) is 26.0 Å². The van der Waals surface area contributed by atoms with Gasteiger partial charge in [0.2, 0.25) is 5.91 Å². The fourth-order valence-corrected chi connectivity index (χ4v) is 1.35. The van der Waals surface area contributed by atoms with Gasteiger partial charge in [0.1, 0.15) is 5.76 Å². The van der Waals surface area contributed by atoms with Crippen molar-refractivity contribution < 1.29 is 14.3 Å². The quantitative estimate of drug-likeness (QED) is 0.697. The molecule has 0 saturated heterocycles. The molecule has 0 saturated carbocycles. The first-order valence-electron chi connectivity index (χ1n) is 5.38. The lowest BCUT2D eigenvalue weighted by Gasteiger charge is -2.17. The van der Waals surface area contributed by atoms with Crippen LogP contribution < -0.4 is 5.32 Å². The molecular weight excluding hydrogens is 208 g/mol. The summed E-state index contributed by atoms with van der Waals surface area (Å²) in [7, 11) is 0. The lowest BCUT2D eigenvalue weighted by Crippen LogP contribution is -2.38. The molecule has 0 atom stereocenters. The van der Waals surface area contributed by atoms with E-state index >= 15 is 0 Å². The molecular formula is C11H18N2O3. The molecule has 0 fully saturated rings. The predicted molar refractivity (Wildman–Crippen MR) is 59.8 cm³/mol. The highest BCUT2D eigenvalue weighted by Crippen LogP contribution is 1.98. The number of hydrogen-bond donors (Lipinski definition) is 2. The third-order valence-corrected chi connectivity index (χ3v) is 2.27. The zero-order chi connectivity index (χ0) is 11.8. The number of nitrogens with zero attached hydrogens (tertiary/aromatic N) is 1. The first-order valence-corrected chi connectivity index (χ1v) is 5.38. The Labute approximate surface area is 95.0 Å². The van der Waals surface area contributed by atoms with Gasteiger partial charge in [0, 0.05) is 6.54 Å². The highest BCUT2D eigenvalue weighted by molar-refractivity contribution is 5.77. The summed E-state index contributed by atoms with van der Waals surface area (Å²) in [6, 6.07) is 3.59. The van der Waals surface area contributed by atoms with Gasteiger partial charge in [0.25, 0.3) is 0 Å². The van der Waals surface area contributed by atoms with Crippen LogP contribution >= 0.6 is 0 Å². The lowest BCUT2D eigenvalue weighted by molar-refractivity contribution is -0.122. The number of carbonyl (C=O) groups excluding carboxylic acids is 1. The third kappa shape index (κ3) is 4.46. The summed E-state index contributed by atoms with van der Waals surface area (Å²) in [6.07, 6.45) is 1.57. The van der Waals surface area contributed by atoms with Gasteiger partial charge in [0.15, 0.2) is 0 Å². The van der Waals surface area contributed by atoms with Crippen LogP contribution in [0.2, 0.25) is 0 Å². The maximum absolute atomic E-state index is 11.5. The van der Waals surface area contributed by atoms with Crippen molar-refractivity contribution in [3.63, 3.8) is 0 Å². The molecule has 1 aromatic rings. The van der Waals surface area contributed by atoms with Gasteiger partial charge < -0.3 is 14.8 Å². The average Bonchev–Trinajstić information content (AvgIpc) is 2.78. The van der Waals surface area contributed by atoms with Crippen molar-refractivity contribution >= 4 is 5.91 Å². The van der Waals surface area contributed by atoms with Gasteiger partial charge in [-0.05, 0) is 18.7 Å². The topological polar surface area (TPSA) is 65.7 Å². The summed E-state index contributed by atoms with van der Waals surface area (Å²) >= 11 is 0. The zero-order valence-electron chi connectivity index (χ0n) is 9.48. The molecule has 1 rings (SSSR count). The molecule has 0 unspecified atom stereocenters. The Kier molecular flexibility index (Phi) is 5.60. The molecule has 5 heteroatoms. The van der Waals surface area contributed by atoms with Crippen molar-refractivity contribution in [3.05, 3.63) is 24.2 Å². The van der Waals surface area contributed by atoms with E-state index in [4.69, 9.17) is 9.52 Å². The summed E-state index contributed by atoms with van der Waals surface area (Å²) in [5.41, 5.74) is 0. The number of carbonyl (C=O) groups is 1. The van der Waals surface area contributed by atoms with Crippen LogP contribution in [0.25, 0.3) is 0 Å². The molecule has 2 N–H and O–H groups in total. The SMILES string of the molecule is CCN(CCO)CC(=O)NCc1ccco1. The van der Waals surface area contributed by atoms with E-state index < -0.39 is 0 Å². The zero-order valence-corrected chi connectivity index (χ0v) is 9.48. The van der Waals surface area contributed by atoms with Crippen LogP contribution in [0.4, 0.5) is 0 Å². The second-order valence-corrected chi connectivity index (χ2v) is 3.45. The maximum Gasteiger partial charge on any atom is 0.234 e. The Morgan fingerprint density at radius 1 is 1.62 bits per heavy atom. The van der Waals surface area contributed by atoms with Gasteiger partial charge in [-0.2, -0.15) is 0 Å². The normalized spacial score (nSPS) is 10.7. The standard InChI is InChI=1S/C11H18N2O3/c1-2-13(5-6-14)9-11(15)12-8-10-4-3-7-16-10/h3-4,7,14H,2,5-6,8-9H2,1H3,(H,12,15). The number of likely N-dealkylation sites (N-methyl/N-ethyl adjacent to an activating group) is 1. The monoisotopic (exact) mass is 226 g/mol. The van der Waals surface area contributed by atoms with Crippen molar-refractivity contribution in [2.75, 3.05) is 26.2 Å². The third-order valence-electron chi connectivity index (χ3n) is 2.27. The van der Waals surface area contributed by atoms with Gasteiger partial charge in [-0.3, -0.25) is 9.69 Å². The van der Waals surface area contributed by atoms with Crippen LogP contribution in [-0.2, 0) is 11.3 Å². The molecule has 0 aliphatic rings. The first kappa shape index (κ1) is 12.7. The molecule has 90 valence electrons. The second kappa shape index (κ2) is 7.03. The number of rotatable bonds is 7. The molecule has 0 spiro atoms. The van der Waals surface area contributed by atoms with E-state index in [2.05, 4.69) is 5.32 Å². The summed E-state index contributed by atoms with van der Waals surface area (Å²) in [5, 5.41) is 11.5. The van der Waals surface area contributed by atoms with Crippen molar-refractivity contribution in [3.8, 4) is 0 Å². The van der Waals surface area contributed by atoms with E-state index in [1.807, 2.05) is 17.9 Å². The highest BCUT2D eigenvalue weighted by atomic mass is 16.3. The minimum absolute atomic E-state index is 0.0632. The minimum atomic E-state index is -0.0632. The number of aliphatic hydroxyl groups is 1. The Bertz CT molecular complexity index is 298. The first-order chi connectivity index (χ1) is 7.76. The minimum Gasteiger partial charge on any atom is -0.467 e. The van der Waals surface area contributed by atoms with Crippen molar-refractivity contribution in [1.82, 2.24) is 10.2 Å². The van der Waals surface area contributed by atoms with Gasteiger partial charge in [-0.15, -0.1) is 0 Å². The van der Waals surface area contributed by atoms with Crippen LogP contribution in [0.3, 0.4) is 0 Å². The summed E-state index contributed by atoms with van der Waals surface area (Å²) in [5.74, 6) is 0.672. The molecule has 0 radical (unpaired) electrons. The largest absolute Gasteiger partial charge is 0.467 e. The fourth-order valence-electron chi connectivity index (χ4n) is 1.35. The lowest BCUT2D eigenvalue weighted by atomic mass is 10.4. The smallest absolute Gasteiger partial charge is 0.234 e. The molecule has 0 aromatic carbocycles. The van der Waals surface area contributed by atoms with Gasteiger partial charge in [-0.25, -0.2) is 0 Å². The summed E-state index contributed by atoms with van der Waals surface area (Å²) in [6.45, 7) is 3.99. The summed E-state index contributed by atoms with van der Waals surface area (Å²) < 4.78 is 5.09. The highest BCUT2D eigenvalue weighted by Gasteiger charge is 2.08. The molecule has 0 bridgehead atoms. The van der Waals surface area contributed by atoms with E-state index in [1.165, 1.54) is 0 Å². The van der Waals surface area contributed by atoms with Gasteiger partial charge in [-0.1, -0.05) is 6.92 Å². The Morgan fingerprint density at radius 3 is 3.00 bits per heavy atom. The van der Waals surface area contributed by atoms with Crippen LogP contribution in [0.15, 0.2) is 22.8 Å². The fraction of sp³-hybridized carbons (Fsp3) is 0.545. The molecule has 1 aromatic heterocycles. The molecule has 1 amide bonds. The van der Waals surface area contributed by atoms with E-state index in [0.717, 1.165) is 12.3 Å². The Morgan fingerprint density at radius 2 is 2.44 bits per heavy atom. The van der Waals surface area contributed by atoms with Crippen LogP contribution in [0, 0.1) is 0 Å². The van der Waals surface area contributed by atoms with Crippen molar-refractivity contribution in [1.29, 1.82) is 0 Å². The van der Waals surface area contributed by atoms with Gasteiger partial charge >= 0.3 is 0 Å². The van der Waals surface area contributed by atoms with Crippen molar-refractivity contribution in [2.45, 2.75) is 13.5 Å². The maximum atomic E-state index is 11.5. The van der Waals surface area contributed by atoms with E-state index in [0.29, 0.717) is 19.6 Å². The molecule has 1 heterocycles. The summed E-state index contributed by atoms with van der Waals surface area (Å²) in [4.78, 5) is 13.4.